The fraction of sp³-hybridized carbons (Fsp3) is 0.400. The van der Waals surface area contributed by atoms with Gasteiger partial charge in [-0.1, -0.05) is 38.8 Å². The largest absolute Gasteiger partial charge is 0.504 e. The lowest BCUT2D eigenvalue weighted by Gasteiger charge is -2.07. The molecule has 0 heterocycles. The SMILES string of the molecule is C=CC(=O)Oc1ccc(CCCCCC)cc1O. The summed E-state index contributed by atoms with van der Waals surface area (Å²) in [5.74, 6) is -0.392. The third kappa shape index (κ3) is 4.62. The molecule has 0 aromatic heterocycles. The topological polar surface area (TPSA) is 46.5 Å². The van der Waals surface area contributed by atoms with Gasteiger partial charge in [-0.05, 0) is 30.5 Å². The molecule has 0 spiro atoms. The van der Waals surface area contributed by atoms with Crippen LogP contribution < -0.4 is 4.74 Å². The number of phenolic OH excluding ortho intramolecular Hbond substituents is 1. The van der Waals surface area contributed by atoms with Gasteiger partial charge in [-0.15, -0.1) is 0 Å². The molecule has 1 aromatic rings. The van der Waals surface area contributed by atoms with E-state index in [1.165, 1.54) is 19.3 Å². The van der Waals surface area contributed by atoms with Gasteiger partial charge in [0.2, 0.25) is 0 Å². The van der Waals surface area contributed by atoms with Crippen molar-refractivity contribution in [2.45, 2.75) is 39.0 Å². The summed E-state index contributed by atoms with van der Waals surface area (Å²) < 4.78 is 4.89. The standard InChI is InChI=1S/C15H20O3/c1-3-5-6-7-8-12-9-10-14(13(16)11-12)18-15(17)4-2/h4,9-11,16H,2-3,5-8H2,1H3. The number of aromatic hydroxyl groups is 1. The average Bonchev–Trinajstić information content (AvgIpc) is 2.37. The molecule has 0 amide bonds. The van der Waals surface area contributed by atoms with Gasteiger partial charge in [-0.25, -0.2) is 4.79 Å². The highest BCUT2D eigenvalue weighted by atomic mass is 16.5. The van der Waals surface area contributed by atoms with Gasteiger partial charge in [0, 0.05) is 6.08 Å². The van der Waals surface area contributed by atoms with Gasteiger partial charge < -0.3 is 9.84 Å². The van der Waals surface area contributed by atoms with Crippen molar-refractivity contribution in [3.8, 4) is 11.5 Å². The summed E-state index contributed by atoms with van der Waals surface area (Å²) in [6.07, 6.45) is 6.76. The van der Waals surface area contributed by atoms with Crippen LogP contribution in [0.1, 0.15) is 38.2 Å². The van der Waals surface area contributed by atoms with Crippen LogP contribution in [0.4, 0.5) is 0 Å². The molecule has 18 heavy (non-hydrogen) atoms. The monoisotopic (exact) mass is 248 g/mol. The van der Waals surface area contributed by atoms with E-state index < -0.39 is 5.97 Å². The quantitative estimate of drug-likeness (QED) is 0.347. The number of hydrogen-bond donors (Lipinski definition) is 1. The molecule has 1 aromatic carbocycles. The first kappa shape index (κ1) is 14.3. The molecule has 1 rings (SSSR count). The van der Waals surface area contributed by atoms with E-state index in [-0.39, 0.29) is 11.5 Å². The molecule has 0 radical (unpaired) electrons. The number of carbonyl (C=O) groups is 1. The normalized spacial score (nSPS) is 10.1. The highest BCUT2D eigenvalue weighted by Crippen LogP contribution is 2.27. The molecule has 1 N–H and O–H groups in total. The highest BCUT2D eigenvalue weighted by Gasteiger charge is 2.06. The van der Waals surface area contributed by atoms with Crippen molar-refractivity contribution >= 4 is 5.97 Å². The van der Waals surface area contributed by atoms with Gasteiger partial charge in [-0.3, -0.25) is 0 Å². The molecule has 0 aliphatic rings. The lowest BCUT2D eigenvalue weighted by atomic mass is 10.1. The van der Waals surface area contributed by atoms with Gasteiger partial charge >= 0.3 is 5.97 Å². The second kappa shape index (κ2) is 7.54. The Morgan fingerprint density at radius 1 is 1.39 bits per heavy atom. The van der Waals surface area contributed by atoms with Crippen molar-refractivity contribution in [2.24, 2.45) is 0 Å². The predicted octanol–water partition coefficient (Wildman–Crippen LogP) is 3.61. The van der Waals surface area contributed by atoms with E-state index in [4.69, 9.17) is 4.74 Å². The third-order valence-corrected chi connectivity index (χ3v) is 2.72. The lowest BCUT2D eigenvalue weighted by Crippen LogP contribution is -2.03. The maximum absolute atomic E-state index is 11.0. The second-order valence-corrected chi connectivity index (χ2v) is 4.24. The van der Waals surface area contributed by atoms with Crippen molar-refractivity contribution < 1.29 is 14.6 Å². The van der Waals surface area contributed by atoms with E-state index in [1.54, 1.807) is 12.1 Å². The minimum atomic E-state index is -0.569. The number of aryl methyl sites for hydroxylation is 1. The summed E-state index contributed by atoms with van der Waals surface area (Å²) in [5, 5.41) is 9.73. The number of unbranched alkanes of at least 4 members (excludes halogenated alkanes) is 3. The molecule has 0 atom stereocenters. The van der Waals surface area contributed by atoms with Crippen LogP contribution in [-0.4, -0.2) is 11.1 Å². The Kier molecular flexibility index (Phi) is 5.98. The van der Waals surface area contributed by atoms with E-state index in [2.05, 4.69) is 13.5 Å². The zero-order valence-corrected chi connectivity index (χ0v) is 10.8. The maximum Gasteiger partial charge on any atom is 0.335 e. The van der Waals surface area contributed by atoms with Gasteiger partial charge in [0.15, 0.2) is 11.5 Å². The first-order valence-electron chi connectivity index (χ1n) is 6.33. The van der Waals surface area contributed by atoms with Crippen LogP contribution in [0.3, 0.4) is 0 Å². The minimum absolute atomic E-state index is 0.00167. The van der Waals surface area contributed by atoms with Crippen molar-refractivity contribution in [3.63, 3.8) is 0 Å². The predicted molar refractivity (Wildman–Crippen MR) is 71.8 cm³/mol. The molecule has 98 valence electrons. The number of esters is 1. The van der Waals surface area contributed by atoms with E-state index in [0.29, 0.717) is 0 Å². The zero-order chi connectivity index (χ0) is 13.4. The Balaban J connectivity index is 2.56. The fourth-order valence-corrected chi connectivity index (χ4v) is 1.71. The molecular weight excluding hydrogens is 228 g/mol. The molecule has 0 unspecified atom stereocenters. The summed E-state index contributed by atoms with van der Waals surface area (Å²) in [6.45, 7) is 5.48. The summed E-state index contributed by atoms with van der Waals surface area (Å²) in [6, 6.07) is 5.14. The van der Waals surface area contributed by atoms with Crippen molar-refractivity contribution in [2.75, 3.05) is 0 Å². The van der Waals surface area contributed by atoms with Crippen molar-refractivity contribution in [1.29, 1.82) is 0 Å². The van der Waals surface area contributed by atoms with E-state index in [0.717, 1.165) is 24.5 Å². The average molecular weight is 248 g/mol. The lowest BCUT2D eigenvalue weighted by molar-refractivity contribution is -0.129. The van der Waals surface area contributed by atoms with Crippen LogP contribution in [0.25, 0.3) is 0 Å². The Morgan fingerprint density at radius 2 is 2.17 bits per heavy atom. The number of hydrogen-bond acceptors (Lipinski definition) is 3. The summed E-state index contributed by atoms with van der Waals surface area (Å²) >= 11 is 0. The first-order valence-corrected chi connectivity index (χ1v) is 6.33. The van der Waals surface area contributed by atoms with Gasteiger partial charge in [0.25, 0.3) is 0 Å². The van der Waals surface area contributed by atoms with Crippen molar-refractivity contribution in [3.05, 3.63) is 36.4 Å². The smallest absolute Gasteiger partial charge is 0.335 e. The molecule has 0 aliphatic carbocycles. The fourth-order valence-electron chi connectivity index (χ4n) is 1.71. The number of rotatable bonds is 7. The number of benzene rings is 1. The molecule has 3 heteroatoms. The van der Waals surface area contributed by atoms with Crippen LogP contribution in [-0.2, 0) is 11.2 Å². The molecular formula is C15H20O3. The summed E-state index contributed by atoms with van der Waals surface area (Å²) in [4.78, 5) is 11.0. The maximum atomic E-state index is 11.0. The zero-order valence-electron chi connectivity index (χ0n) is 10.8. The van der Waals surface area contributed by atoms with Gasteiger partial charge in [-0.2, -0.15) is 0 Å². The Bertz CT molecular complexity index is 410. The molecule has 0 bridgehead atoms. The Hall–Kier alpha value is -1.77. The highest BCUT2D eigenvalue weighted by molar-refractivity contribution is 5.83. The van der Waals surface area contributed by atoms with Gasteiger partial charge in [0.05, 0.1) is 0 Å². The van der Waals surface area contributed by atoms with Gasteiger partial charge in [0.1, 0.15) is 0 Å². The molecule has 0 aliphatic heterocycles. The van der Waals surface area contributed by atoms with Crippen LogP contribution in [0, 0.1) is 0 Å². The number of carbonyl (C=O) groups excluding carboxylic acids is 1. The van der Waals surface area contributed by atoms with Crippen molar-refractivity contribution in [1.82, 2.24) is 0 Å². The third-order valence-electron chi connectivity index (χ3n) is 2.72. The van der Waals surface area contributed by atoms with Crippen LogP contribution in [0.15, 0.2) is 30.9 Å². The Labute approximate surface area is 108 Å². The van der Waals surface area contributed by atoms with Crippen LogP contribution in [0.2, 0.25) is 0 Å². The molecule has 0 saturated heterocycles. The molecule has 3 nitrogen and oxygen atoms in total. The van der Waals surface area contributed by atoms with E-state index >= 15 is 0 Å². The first-order chi connectivity index (χ1) is 8.67. The van der Waals surface area contributed by atoms with Crippen LogP contribution >= 0.6 is 0 Å². The minimum Gasteiger partial charge on any atom is -0.504 e. The molecule has 0 saturated carbocycles. The summed E-state index contributed by atoms with van der Waals surface area (Å²) in [5.41, 5.74) is 1.06. The molecule has 0 fully saturated rings. The second-order valence-electron chi connectivity index (χ2n) is 4.24. The van der Waals surface area contributed by atoms with Crippen LogP contribution in [0.5, 0.6) is 11.5 Å². The number of phenols is 1. The van der Waals surface area contributed by atoms with E-state index in [1.807, 2.05) is 6.07 Å². The Morgan fingerprint density at radius 3 is 2.78 bits per heavy atom. The summed E-state index contributed by atoms with van der Waals surface area (Å²) in [7, 11) is 0. The van der Waals surface area contributed by atoms with E-state index in [9.17, 15) is 9.90 Å². The number of ether oxygens (including phenoxy) is 1.